The summed E-state index contributed by atoms with van der Waals surface area (Å²) in [6, 6.07) is 0.603. The Morgan fingerprint density at radius 1 is 1.38 bits per heavy atom. The number of aliphatic hydroxyl groups is 1. The van der Waals surface area contributed by atoms with E-state index in [1.807, 2.05) is 18.8 Å². The Labute approximate surface area is 86.5 Å². The number of hydrogen-bond donors (Lipinski definition) is 2. The second-order valence-electron chi connectivity index (χ2n) is 3.22. The van der Waals surface area contributed by atoms with E-state index in [1.54, 1.807) is 0 Å². The fourth-order valence-corrected chi connectivity index (χ4v) is 2.70. The Morgan fingerprint density at radius 2 is 2.08 bits per heavy atom. The molecule has 0 radical (unpaired) electrons. The van der Waals surface area contributed by atoms with Crippen LogP contribution in [0.1, 0.15) is 33.1 Å². The number of thioether (sulfide) groups is 1. The molecule has 2 nitrogen and oxygen atoms in total. The molecule has 0 aliphatic heterocycles. The summed E-state index contributed by atoms with van der Waals surface area (Å²) in [7, 11) is 2.03. The van der Waals surface area contributed by atoms with E-state index in [9.17, 15) is 0 Å². The van der Waals surface area contributed by atoms with Crippen molar-refractivity contribution in [2.24, 2.45) is 0 Å². The summed E-state index contributed by atoms with van der Waals surface area (Å²) in [5, 5.41) is 12.8. The largest absolute Gasteiger partial charge is 0.396 e. The third kappa shape index (κ3) is 5.55. The Kier molecular flexibility index (Phi) is 9.03. The minimum Gasteiger partial charge on any atom is -0.396 e. The molecule has 13 heavy (non-hydrogen) atoms. The van der Waals surface area contributed by atoms with Crippen molar-refractivity contribution in [1.29, 1.82) is 0 Å². The van der Waals surface area contributed by atoms with Crippen molar-refractivity contribution in [2.45, 2.75) is 44.4 Å². The maximum absolute atomic E-state index is 8.75. The molecule has 0 aromatic heterocycles. The van der Waals surface area contributed by atoms with Crippen molar-refractivity contribution in [3.63, 3.8) is 0 Å². The molecule has 80 valence electrons. The molecule has 0 aromatic rings. The predicted octanol–water partition coefficient (Wildman–Crippen LogP) is 1.88. The van der Waals surface area contributed by atoms with Gasteiger partial charge in [-0.2, -0.15) is 11.8 Å². The van der Waals surface area contributed by atoms with Gasteiger partial charge in [-0.3, -0.25) is 0 Å². The van der Waals surface area contributed by atoms with Crippen LogP contribution in [-0.2, 0) is 0 Å². The van der Waals surface area contributed by atoms with Gasteiger partial charge in [-0.1, -0.05) is 20.3 Å². The highest BCUT2D eigenvalue weighted by molar-refractivity contribution is 7.99. The summed E-state index contributed by atoms with van der Waals surface area (Å²) in [4.78, 5) is 0. The normalized spacial score (nSPS) is 15.7. The van der Waals surface area contributed by atoms with Crippen molar-refractivity contribution >= 4 is 11.8 Å². The van der Waals surface area contributed by atoms with Crippen molar-refractivity contribution in [2.75, 3.05) is 19.4 Å². The molecule has 2 atom stereocenters. The summed E-state index contributed by atoms with van der Waals surface area (Å²) in [5.41, 5.74) is 0. The Morgan fingerprint density at radius 3 is 2.46 bits per heavy atom. The zero-order valence-electron chi connectivity index (χ0n) is 9.05. The first kappa shape index (κ1) is 13.3. The quantitative estimate of drug-likeness (QED) is 0.634. The van der Waals surface area contributed by atoms with Gasteiger partial charge in [0.1, 0.15) is 0 Å². The van der Waals surface area contributed by atoms with E-state index < -0.39 is 0 Å². The van der Waals surface area contributed by atoms with Crippen LogP contribution in [0.4, 0.5) is 0 Å². The molecule has 0 rings (SSSR count). The lowest BCUT2D eigenvalue weighted by Crippen LogP contribution is -2.35. The molecule has 0 heterocycles. The van der Waals surface area contributed by atoms with E-state index in [-0.39, 0.29) is 0 Å². The van der Waals surface area contributed by atoms with Crippen LogP contribution in [0.5, 0.6) is 0 Å². The molecule has 2 N–H and O–H groups in total. The molecule has 0 aliphatic carbocycles. The van der Waals surface area contributed by atoms with Gasteiger partial charge in [0.25, 0.3) is 0 Å². The Bertz CT molecular complexity index is 111. The molecule has 0 bridgehead atoms. The van der Waals surface area contributed by atoms with Gasteiger partial charge in [-0.05, 0) is 19.9 Å². The summed E-state index contributed by atoms with van der Waals surface area (Å²) in [6.45, 7) is 4.73. The summed E-state index contributed by atoms with van der Waals surface area (Å²) < 4.78 is 0. The maximum Gasteiger partial charge on any atom is 0.0521 e. The zero-order valence-corrected chi connectivity index (χ0v) is 9.86. The first-order chi connectivity index (χ1) is 6.29. The van der Waals surface area contributed by atoms with Crippen molar-refractivity contribution in [3.8, 4) is 0 Å². The van der Waals surface area contributed by atoms with Crippen LogP contribution in [0, 0.1) is 0 Å². The highest BCUT2D eigenvalue weighted by Crippen LogP contribution is 2.20. The highest BCUT2D eigenvalue weighted by Gasteiger charge is 2.17. The minimum absolute atomic E-state index is 0.295. The van der Waals surface area contributed by atoms with Gasteiger partial charge < -0.3 is 10.4 Å². The molecular weight excluding hydrogens is 182 g/mol. The Hall–Kier alpha value is 0.270. The first-order valence-corrected chi connectivity index (χ1v) is 6.24. The van der Waals surface area contributed by atoms with Crippen LogP contribution in [-0.4, -0.2) is 35.8 Å². The molecule has 0 saturated heterocycles. The molecule has 3 heteroatoms. The van der Waals surface area contributed by atoms with E-state index in [1.165, 1.54) is 19.3 Å². The Balaban J connectivity index is 3.84. The number of aliphatic hydroxyl groups excluding tert-OH is 1. The van der Waals surface area contributed by atoms with E-state index in [0.717, 1.165) is 5.75 Å². The van der Waals surface area contributed by atoms with E-state index in [4.69, 9.17) is 5.11 Å². The lowest BCUT2D eigenvalue weighted by atomic mass is 10.1. The average Bonchev–Trinajstić information content (AvgIpc) is 2.17. The second-order valence-corrected chi connectivity index (χ2v) is 4.57. The van der Waals surface area contributed by atoms with Gasteiger partial charge in [0.05, 0.1) is 6.61 Å². The molecule has 0 fully saturated rings. The highest BCUT2D eigenvalue weighted by atomic mass is 32.2. The van der Waals surface area contributed by atoms with Gasteiger partial charge in [0.15, 0.2) is 0 Å². The molecule has 2 unspecified atom stereocenters. The van der Waals surface area contributed by atoms with Crippen LogP contribution < -0.4 is 5.32 Å². The van der Waals surface area contributed by atoms with Crippen molar-refractivity contribution in [1.82, 2.24) is 5.32 Å². The number of nitrogens with one attached hydrogen (secondary N) is 1. The second kappa shape index (κ2) is 8.85. The minimum atomic E-state index is 0.295. The van der Waals surface area contributed by atoms with Crippen LogP contribution in [0.25, 0.3) is 0 Å². The lowest BCUT2D eigenvalue weighted by Gasteiger charge is -2.24. The molecule has 0 aromatic carbocycles. The van der Waals surface area contributed by atoms with Crippen LogP contribution in [0.2, 0.25) is 0 Å². The van der Waals surface area contributed by atoms with Crippen molar-refractivity contribution in [3.05, 3.63) is 0 Å². The molecule has 0 saturated carbocycles. The van der Waals surface area contributed by atoms with E-state index in [0.29, 0.717) is 17.9 Å². The third-order valence-electron chi connectivity index (χ3n) is 2.24. The van der Waals surface area contributed by atoms with Crippen LogP contribution in [0.15, 0.2) is 0 Å². The van der Waals surface area contributed by atoms with Gasteiger partial charge >= 0.3 is 0 Å². The molecule has 0 spiro atoms. The number of rotatable bonds is 8. The summed E-state index contributed by atoms with van der Waals surface area (Å²) in [5.74, 6) is 0.862. The third-order valence-corrected chi connectivity index (χ3v) is 3.75. The predicted molar refractivity (Wildman–Crippen MR) is 61.4 cm³/mol. The van der Waals surface area contributed by atoms with Gasteiger partial charge in [0.2, 0.25) is 0 Å². The van der Waals surface area contributed by atoms with Gasteiger partial charge in [0, 0.05) is 17.0 Å². The summed E-state index contributed by atoms with van der Waals surface area (Å²) >= 11 is 1.88. The average molecular weight is 205 g/mol. The maximum atomic E-state index is 8.75. The fourth-order valence-electron chi connectivity index (χ4n) is 1.55. The summed E-state index contributed by atoms with van der Waals surface area (Å²) in [6.07, 6.45) is 3.63. The topological polar surface area (TPSA) is 32.3 Å². The molecule has 0 aliphatic rings. The monoisotopic (exact) mass is 205 g/mol. The molecular formula is C10H23NOS. The fraction of sp³-hybridized carbons (Fsp3) is 1.00. The van der Waals surface area contributed by atoms with Gasteiger partial charge in [-0.25, -0.2) is 0 Å². The standard InChI is InChI=1S/C10H23NOS/c1-4-6-9(11-3)10(5-2)13-8-7-12/h9-12H,4-8H2,1-3H3. The zero-order chi connectivity index (χ0) is 10.1. The first-order valence-electron chi connectivity index (χ1n) is 5.19. The lowest BCUT2D eigenvalue weighted by molar-refractivity contribution is 0.322. The van der Waals surface area contributed by atoms with Crippen LogP contribution >= 0.6 is 11.8 Å². The SMILES string of the molecule is CCCC(NC)C(CC)SCCO. The van der Waals surface area contributed by atoms with E-state index in [2.05, 4.69) is 19.2 Å². The van der Waals surface area contributed by atoms with Gasteiger partial charge in [-0.15, -0.1) is 0 Å². The van der Waals surface area contributed by atoms with Crippen LogP contribution in [0.3, 0.4) is 0 Å². The smallest absolute Gasteiger partial charge is 0.0521 e. The molecule has 0 amide bonds. The number of hydrogen-bond acceptors (Lipinski definition) is 3. The van der Waals surface area contributed by atoms with Crippen molar-refractivity contribution < 1.29 is 5.11 Å². The van der Waals surface area contributed by atoms with E-state index >= 15 is 0 Å².